The summed E-state index contributed by atoms with van der Waals surface area (Å²) >= 11 is 0. The van der Waals surface area contributed by atoms with Gasteiger partial charge in [-0.1, -0.05) is 84.0 Å². The van der Waals surface area contributed by atoms with E-state index in [9.17, 15) is 0 Å². The molecule has 0 fully saturated rings. The van der Waals surface area contributed by atoms with Crippen molar-refractivity contribution in [1.82, 2.24) is 9.05 Å². The molecule has 0 saturated heterocycles. The second kappa shape index (κ2) is 8.32. The van der Waals surface area contributed by atoms with E-state index in [-0.39, 0.29) is 17.7 Å². The quantitative estimate of drug-likeness (QED) is 0.158. The molecule has 220 valence electrons. The zero-order valence-electron chi connectivity index (χ0n) is 27.3. The Balaban J connectivity index is 1.47. The zero-order chi connectivity index (χ0) is 30.6. The Morgan fingerprint density at radius 1 is 0.622 bits per heavy atom. The molecule has 45 heavy (non-hydrogen) atoms. The van der Waals surface area contributed by atoms with Crippen LogP contribution in [0.4, 0.5) is 0 Å². The van der Waals surface area contributed by atoms with Gasteiger partial charge in [-0.25, -0.2) is 0 Å². The lowest BCUT2D eigenvalue weighted by Gasteiger charge is -2.37. The van der Waals surface area contributed by atoms with E-state index in [4.69, 9.17) is 0 Å². The number of aryl methyl sites for hydroxylation is 1. The van der Waals surface area contributed by atoms with Gasteiger partial charge in [0.25, 0.3) is 0 Å². The van der Waals surface area contributed by atoms with Crippen LogP contribution >= 0.6 is 0 Å². The van der Waals surface area contributed by atoms with Crippen LogP contribution in [0.5, 0.6) is 0 Å². The summed E-state index contributed by atoms with van der Waals surface area (Å²) in [7, 11) is 0. The minimum Gasteiger partial charge on any atom is -0.375 e. The maximum absolute atomic E-state index is 2.75. The maximum Gasteiger partial charge on any atom is 0.333 e. The molecule has 2 nitrogen and oxygen atoms in total. The third-order valence-electron chi connectivity index (χ3n) is 11.4. The summed E-state index contributed by atoms with van der Waals surface area (Å²) in [6.07, 6.45) is 4.89. The van der Waals surface area contributed by atoms with Crippen LogP contribution in [0.2, 0.25) is 0 Å². The summed E-state index contributed by atoms with van der Waals surface area (Å²) in [5, 5.41) is 5.53. The predicted molar refractivity (Wildman–Crippen MR) is 194 cm³/mol. The topological polar surface area (TPSA) is 9.86 Å². The first kappa shape index (κ1) is 26.0. The number of nitrogens with zero attached hydrogens (tertiary/aromatic N) is 2. The van der Waals surface area contributed by atoms with Crippen LogP contribution < -0.4 is 10.9 Å². The highest BCUT2D eigenvalue weighted by Gasteiger charge is 2.43. The minimum atomic E-state index is 0.0435. The summed E-state index contributed by atoms with van der Waals surface area (Å²) in [5.74, 6) is 0. The second-order valence-electron chi connectivity index (χ2n) is 16.0. The predicted octanol–water partition coefficient (Wildman–Crippen LogP) is 9.31. The highest BCUT2D eigenvalue weighted by Crippen LogP contribution is 2.47. The SMILES string of the molecule is CC(C)(C)c1ccc2c(c1)c1cc(C(C)(C)C)cc3c1n2B1c2c(cc4c(c2-3)CCCC4)-n2c3ccccc3c3cccc1c32. The van der Waals surface area contributed by atoms with Crippen LogP contribution in [0.25, 0.3) is 60.4 Å². The van der Waals surface area contributed by atoms with Gasteiger partial charge in [0, 0.05) is 43.8 Å². The Morgan fingerprint density at radius 3 is 2.20 bits per heavy atom. The number of hydrogen-bond acceptors (Lipinski definition) is 0. The number of aromatic nitrogens is 2. The van der Waals surface area contributed by atoms with Crippen LogP contribution in [-0.4, -0.2) is 15.9 Å². The average Bonchev–Trinajstić information content (AvgIpc) is 3.53. The molecule has 5 aromatic carbocycles. The smallest absolute Gasteiger partial charge is 0.333 e. The Morgan fingerprint density at radius 2 is 1.38 bits per heavy atom. The number of hydrogen-bond donors (Lipinski definition) is 0. The lowest BCUT2D eigenvalue weighted by Crippen LogP contribution is -2.55. The van der Waals surface area contributed by atoms with Crippen molar-refractivity contribution >= 4 is 61.4 Å². The molecule has 10 rings (SSSR count). The van der Waals surface area contributed by atoms with E-state index < -0.39 is 0 Å². The third kappa shape index (κ3) is 3.22. The van der Waals surface area contributed by atoms with Crippen LogP contribution in [0, 0.1) is 0 Å². The van der Waals surface area contributed by atoms with Crippen LogP contribution in [-0.2, 0) is 23.7 Å². The van der Waals surface area contributed by atoms with Crippen molar-refractivity contribution in [3.05, 3.63) is 101 Å². The van der Waals surface area contributed by atoms with E-state index in [1.165, 1.54) is 108 Å². The van der Waals surface area contributed by atoms with Gasteiger partial charge in [0.1, 0.15) is 0 Å². The maximum atomic E-state index is 2.75. The lowest BCUT2D eigenvalue weighted by atomic mass is 9.45. The molecular formula is C42H39BN2. The molecule has 0 saturated carbocycles. The molecule has 0 unspecified atom stereocenters. The average molecular weight is 583 g/mol. The van der Waals surface area contributed by atoms with E-state index in [2.05, 4.69) is 129 Å². The summed E-state index contributed by atoms with van der Waals surface area (Å²) in [4.78, 5) is 0. The molecule has 0 amide bonds. The van der Waals surface area contributed by atoms with Gasteiger partial charge in [0.15, 0.2) is 0 Å². The van der Waals surface area contributed by atoms with Crippen molar-refractivity contribution in [1.29, 1.82) is 0 Å². The van der Waals surface area contributed by atoms with Crippen LogP contribution in [0.15, 0.2) is 78.9 Å². The molecule has 2 aliphatic heterocycles. The van der Waals surface area contributed by atoms with Crippen molar-refractivity contribution in [3.8, 4) is 16.8 Å². The zero-order valence-corrected chi connectivity index (χ0v) is 27.3. The van der Waals surface area contributed by atoms with Crippen molar-refractivity contribution < 1.29 is 0 Å². The van der Waals surface area contributed by atoms with Crippen LogP contribution in [0.3, 0.4) is 0 Å². The first-order chi connectivity index (χ1) is 21.6. The van der Waals surface area contributed by atoms with Crippen molar-refractivity contribution in [3.63, 3.8) is 0 Å². The first-order valence-corrected chi connectivity index (χ1v) is 17.0. The van der Waals surface area contributed by atoms with E-state index in [1.54, 1.807) is 11.1 Å². The number of rotatable bonds is 0. The van der Waals surface area contributed by atoms with E-state index in [0.29, 0.717) is 0 Å². The molecule has 7 aromatic rings. The minimum absolute atomic E-state index is 0.0435. The molecule has 2 aromatic heterocycles. The second-order valence-corrected chi connectivity index (χ2v) is 16.0. The molecule has 3 aliphatic rings. The summed E-state index contributed by atoms with van der Waals surface area (Å²) in [6.45, 7) is 14.3. The van der Waals surface area contributed by atoms with E-state index in [1.807, 2.05) is 0 Å². The van der Waals surface area contributed by atoms with E-state index >= 15 is 0 Å². The highest BCUT2D eigenvalue weighted by atomic mass is 15.0. The molecule has 0 spiro atoms. The van der Waals surface area contributed by atoms with Crippen molar-refractivity contribution in [2.75, 3.05) is 0 Å². The fraction of sp³-hybridized carbons (Fsp3) is 0.286. The summed E-state index contributed by atoms with van der Waals surface area (Å²) in [5.41, 5.74) is 18.9. The van der Waals surface area contributed by atoms with Gasteiger partial charge in [-0.2, -0.15) is 0 Å². The molecule has 0 bridgehead atoms. The number of para-hydroxylation sites is 2. The summed E-state index contributed by atoms with van der Waals surface area (Å²) in [6, 6.07) is 31.2. The largest absolute Gasteiger partial charge is 0.375 e. The summed E-state index contributed by atoms with van der Waals surface area (Å²) < 4.78 is 5.37. The third-order valence-corrected chi connectivity index (χ3v) is 11.4. The molecule has 1 aliphatic carbocycles. The fourth-order valence-electron chi connectivity index (χ4n) is 9.16. The van der Waals surface area contributed by atoms with Gasteiger partial charge in [-0.3, -0.25) is 0 Å². The Kier molecular flexibility index (Phi) is 4.81. The Hall–Kier alpha value is -4.24. The van der Waals surface area contributed by atoms with Gasteiger partial charge in [0.2, 0.25) is 0 Å². The molecule has 4 heterocycles. The Labute approximate surface area is 265 Å². The van der Waals surface area contributed by atoms with Gasteiger partial charge in [0.05, 0.1) is 11.0 Å². The van der Waals surface area contributed by atoms with Gasteiger partial charge >= 0.3 is 6.85 Å². The number of fused-ring (bicyclic) bond motifs is 12. The van der Waals surface area contributed by atoms with Gasteiger partial charge in [-0.15, -0.1) is 0 Å². The van der Waals surface area contributed by atoms with Crippen molar-refractivity contribution in [2.45, 2.75) is 78.1 Å². The van der Waals surface area contributed by atoms with Gasteiger partial charge in [-0.05, 0) is 112 Å². The molecule has 3 heteroatoms. The fourth-order valence-corrected chi connectivity index (χ4v) is 9.16. The normalized spacial score (nSPS) is 15.4. The first-order valence-electron chi connectivity index (χ1n) is 17.0. The highest BCUT2D eigenvalue weighted by molar-refractivity contribution is 6.90. The monoisotopic (exact) mass is 582 g/mol. The Bertz CT molecular complexity index is 2450. The molecule has 0 N–H and O–H groups in total. The lowest BCUT2D eigenvalue weighted by molar-refractivity contribution is 0.590. The van der Waals surface area contributed by atoms with Crippen LogP contribution in [0.1, 0.15) is 76.6 Å². The molecular weight excluding hydrogens is 543 g/mol. The standard InChI is InChI=1S/C42H39BN2/c1-41(2,3)25-18-19-35-30(21-25)31-22-26(42(4,5)6)23-32-37-27-13-8-7-12-24(27)20-36-38(37)43(45(35)39(31)32)33-16-11-15-29-28-14-9-10-17-34(28)44(36)40(29)33/h9-11,14-23H,7-8,12-13H2,1-6H3. The van der Waals surface area contributed by atoms with E-state index in [0.717, 1.165) is 0 Å². The van der Waals surface area contributed by atoms with Gasteiger partial charge < -0.3 is 9.05 Å². The molecule has 0 atom stereocenters. The van der Waals surface area contributed by atoms with Crippen molar-refractivity contribution in [2.24, 2.45) is 0 Å². The molecule has 0 radical (unpaired) electrons. The number of benzene rings is 5.